The lowest BCUT2D eigenvalue weighted by Gasteiger charge is -2.18. The Morgan fingerprint density at radius 2 is 1.88 bits per heavy atom. The minimum atomic E-state index is -0.280. The molecule has 1 amide bonds. The molecule has 0 aliphatic heterocycles. The van der Waals surface area contributed by atoms with Crippen LogP contribution in [0, 0.1) is 6.92 Å². The van der Waals surface area contributed by atoms with E-state index in [4.69, 9.17) is 28.9 Å². The van der Waals surface area contributed by atoms with E-state index >= 15 is 0 Å². The van der Waals surface area contributed by atoms with Crippen molar-refractivity contribution in [1.82, 2.24) is 20.2 Å². The number of nitrogens with one attached hydrogen (secondary N) is 1. The number of anilines is 1. The van der Waals surface area contributed by atoms with Crippen molar-refractivity contribution in [2.75, 3.05) is 31.9 Å². The molecule has 0 spiro atoms. The molecule has 0 aliphatic rings. The highest BCUT2D eigenvalue weighted by molar-refractivity contribution is 7.85. The molecule has 1 aromatic carbocycles. The molecule has 0 unspecified atom stereocenters. The van der Waals surface area contributed by atoms with Crippen molar-refractivity contribution >= 4 is 53.8 Å². The Labute approximate surface area is 206 Å². The van der Waals surface area contributed by atoms with Crippen molar-refractivity contribution in [3.63, 3.8) is 0 Å². The highest BCUT2D eigenvalue weighted by atomic mass is 35.5. The molecule has 2 aromatic rings. The average Bonchev–Trinajstić information content (AvgIpc) is 2.74. The van der Waals surface area contributed by atoms with Crippen LogP contribution in [-0.4, -0.2) is 47.0 Å². The van der Waals surface area contributed by atoms with Crippen molar-refractivity contribution < 1.29 is 4.79 Å². The van der Waals surface area contributed by atoms with Crippen LogP contribution in [0.3, 0.4) is 0 Å². The number of benzene rings is 1. The van der Waals surface area contributed by atoms with Gasteiger partial charge in [-0.15, -0.1) is 12.6 Å². The highest BCUT2D eigenvalue weighted by Crippen LogP contribution is 2.36. The number of nitrogen functional groups attached to an aromatic ring is 1. The Morgan fingerprint density at radius 1 is 1.19 bits per heavy atom. The number of amides is 1. The standard InChI is InChI=1S/C23H31Cl2N5OS/c1-5-27-22(31)20(32)12-16-14(4)28-23(26)29-21(16)17-11-15(18(24)13-19(17)25)9-8-10-30(6-2)7-3/h11-13,32H,5-10H2,1-4H3,(H,27,31)(H2,26,28,29)/b20-12-. The Bertz CT molecular complexity index is 993. The number of nitrogens with two attached hydrogens (primary N) is 1. The summed E-state index contributed by atoms with van der Waals surface area (Å²) in [6, 6.07) is 3.69. The van der Waals surface area contributed by atoms with E-state index < -0.39 is 0 Å². The summed E-state index contributed by atoms with van der Waals surface area (Å²) in [6.45, 7) is 11.5. The molecule has 174 valence electrons. The molecule has 32 heavy (non-hydrogen) atoms. The molecule has 2 rings (SSSR count). The van der Waals surface area contributed by atoms with Gasteiger partial charge in [0.2, 0.25) is 5.95 Å². The fraction of sp³-hybridized carbons (Fsp3) is 0.435. The fourth-order valence-corrected chi connectivity index (χ4v) is 4.21. The maximum absolute atomic E-state index is 12.2. The first-order chi connectivity index (χ1) is 15.2. The number of aryl methyl sites for hydroxylation is 2. The lowest BCUT2D eigenvalue weighted by Crippen LogP contribution is -2.24. The van der Waals surface area contributed by atoms with Gasteiger partial charge in [-0.1, -0.05) is 37.0 Å². The quantitative estimate of drug-likeness (QED) is 0.318. The van der Waals surface area contributed by atoms with E-state index in [1.165, 1.54) is 0 Å². The van der Waals surface area contributed by atoms with E-state index in [9.17, 15) is 4.79 Å². The van der Waals surface area contributed by atoms with Crippen LogP contribution in [0.25, 0.3) is 17.3 Å². The Kier molecular flexibility index (Phi) is 10.3. The number of likely N-dealkylation sites (N-methyl/N-ethyl adjacent to an activating group) is 1. The summed E-state index contributed by atoms with van der Waals surface area (Å²) >= 11 is 17.4. The maximum atomic E-state index is 12.2. The van der Waals surface area contributed by atoms with Crippen molar-refractivity contribution in [2.24, 2.45) is 0 Å². The van der Waals surface area contributed by atoms with Gasteiger partial charge in [0.15, 0.2) is 0 Å². The predicted octanol–water partition coefficient (Wildman–Crippen LogP) is 5.02. The molecule has 0 bridgehead atoms. The van der Waals surface area contributed by atoms with E-state index in [0.717, 1.165) is 38.0 Å². The molecule has 0 saturated carbocycles. The first-order valence-corrected chi connectivity index (χ1v) is 12.0. The summed E-state index contributed by atoms with van der Waals surface area (Å²) in [6.07, 6.45) is 3.42. The zero-order valence-corrected chi connectivity index (χ0v) is 21.4. The van der Waals surface area contributed by atoms with Crippen LogP contribution in [0.2, 0.25) is 10.0 Å². The molecular weight excluding hydrogens is 465 g/mol. The van der Waals surface area contributed by atoms with Gasteiger partial charge in [0, 0.05) is 22.7 Å². The molecule has 0 saturated heterocycles. The zero-order valence-electron chi connectivity index (χ0n) is 19.0. The summed E-state index contributed by atoms with van der Waals surface area (Å²) in [5, 5.41) is 3.80. The second-order valence-corrected chi connectivity index (χ2v) is 8.67. The molecule has 0 radical (unpaired) electrons. The van der Waals surface area contributed by atoms with Crippen LogP contribution < -0.4 is 11.1 Å². The van der Waals surface area contributed by atoms with Crippen molar-refractivity contribution in [1.29, 1.82) is 0 Å². The number of hydrogen-bond donors (Lipinski definition) is 3. The van der Waals surface area contributed by atoms with E-state index in [1.807, 2.05) is 13.0 Å². The van der Waals surface area contributed by atoms with Gasteiger partial charge in [-0.05, 0) is 70.1 Å². The Morgan fingerprint density at radius 3 is 2.50 bits per heavy atom. The third-order valence-electron chi connectivity index (χ3n) is 5.21. The number of thiol groups is 1. The second-order valence-electron chi connectivity index (χ2n) is 7.37. The van der Waals surface area contributed by atoms with Crippen LogP contribution in [0.15, 0.2) is 17.0 Å². The number of aromatic nitrogens is 2. The lowest BCUT2D eigenvalue weighted by atomic mass is 9.99. The number of halogens is 2. The summed E-state index contributed by atoms with van der Waals surface area (Å²) < 4.78 is 0. The number of nitrogens with zero attached hydrogens (tertiary/aromatic N) is 3. The van der Waals surface area contributed by atoms with E-state index in [-0.39, 0.29) is 16.8 Å². The minimum Gasteiger partial charge on any atom is -0.368 e. The maximum Gasteiger partial charge on any atom is 0.257 e. The molecule has 1 aromatic heterocycles. The van der Waals surface area contributed by atoms with Crippen LogP contribution in [0.5, 0.6) is 0 Å². The molecule has 6 nitrogen and oxygen atoms in total. The van der Waals surface area contributed by atoms with E-state index in [0.29, 0.717) is 39.1 Å². The topological polar surface area (TPSA) is 84.1 Å². The van der Waals surface area contributed by atoms with Gasteiger partial charge in [-0.2, -0.15) is 0 Å². The van der Waals surface area contributed by atoms with Gasteiger partial charge in [0.05, 0.1) is 21.3 Å². The molecular formula is C23H31Cl2N5OS. The van der Waals surface area contributed by atoms with Crippen LogP contribution in [-0.2, 0) is 11.2 Å². The van der Waals surface area contributed by atoms with Gasteiger partial charge in [0.25, 0.3) is 5.91 Å². The van der Waals surface area contributed by atoms with Crippen molar-refractivity contribution in [3.05, 3.63) is 43.9 Å². The summed E-state index contributed by atoms with van der Waals surface area (Å²) in [5.41, 5.74) is 9.42. The SMILES string of the molecule is CCNC(=O)/C(S)=C/c1c(C)nc(N)nc1-c1cc(CCCN(CC)CC)c(Cl)cc1Cl. The second kappa shape index (κ2) is 12.4. The smallest absolute Gasteiger partial charge is 0.257 e. The fourth-order valence-electron chi connectivity index (χ4n) is 3.43. The molecule has 3 N–H and O–H groups in total. The van der Waals surface area contributed by atoms with Gasteiger partial charge < -0.3 is 16.0 Å². The summed E-state index contributed by atoms with van der Waals surface area (Å²) in [4.78, 5) is 23.5. The van der Waals surface area contributed by atoms with Gasteiger partial charge in [-0.3, -0.25) is 4.79 Å². The van der Waals surface area contributed by atoms with E-state index in [2.05, 4.69) is 46.7 Å². The molecule has 0 atom stereocenters. The third kappa shape index (κ3) is 6.85. The summed E-state index contributed by atoms with van der Waals surface area (Å²) in [5.74, 6) is -0.153. The Balaban J connectivity index is 2.50. The normalized spacial score (nSPS) is 11.8. The van der Waals surface area contributed by atoms with Crippen LogP contribution in [0.4, 0.5) is 5.95 Å². The third-order valence-corrected chi connectivity index (χ3v) is 6.21. The molecule has 0 aliphatic carbocycles. The van der Waals surface area contributed by atoms with E-state index in [1.54, 1.807) is 19.1 Å². The first kappa shape index (κ1) is 26.5. The average molecular weight is 497 g/mol. The molecule has 9 heteroatoms. The first-order valence-electron chi connectivity index (χ1n) is 10.7. The largest absolute Gasteiger partial charge is 0.368 e. The minimum absolute atomic E-state index is 0.127. The van der Waals surface area contributed by atoms with Gasteiger partial charge in [-0.25, -0.2) is 9.97 Å². The van der Waals surface area contributed by atoms with Crippen LogP contribution >= 0.6 is 35.8 Å². The van der Waals surface area contributed by atoms with Gasteiger partial charge >= 0.3 is 0 Å². The van der Waals surface area contributed by atoms with Crippen molar-refractivity contribution in [2.45, 2.75) is 40.5 Å². The lowest BCUT2D eigenvalue weighted by molar-refractivity contribution is -0.116. The number of hydrogen-bond acceptors (Lipinski definition) is 6. The van der Waals surface area contributed by atoms with Gasteiger partial charge in [0.1, 0.15) is 0 Å². The highest BCUT2D eigenvalue weighted by Gasteiger charge is 2.18. The molecule has 1 heterocycles. The zero-order chi connectivity index (χ0) is 23.8. The monoisotopic (exact) mass is 495 g/mol. The summed E-state index contributed by atoms with van der Waals surface area (Å²) in [7, 11) is 0. The Hall–Kier alpha value is -1.80. The predicted molar refractivity (Wildman–Crippen MR) is 138 cm³/mol. The number of rotatable bonds is 10. The van der Waals surface area contributed by atoms with Crippen molar-refractivity contribution in [3.8, 4) is 11.3 Å². The number of carbonyl (C=O) groups is 1. The molecule has 0 fully saturated rings. The number of carbonyl (C=O) groups excluding carboxylic acids is 1. The van der Waals surface area contributed by atoms with Crippen LogP contribution in [0.1, 0.15) is 44.0 Å².